The molecule has 134 valence electrons. The Bertz CT molecular complexity index is 813. The summed E-state index contributed by atoms with van der Waals surface area (Å²) in [6.07, 6.45) is 5.43. The molecule has 1 heterocycles. The van der Waals surface area contributed by atoms with Gasteiger partial charge in [0.05, 0.1) is 11.8 Å². The Labute approximate surface area is 165 Å². The fourth-order valence-corrected chi connectivity index (χ4v) is 5.62. The fourth-order valence-electron chi connectivity index (χ4n) is 5.26. The lowest BCUT2D eigenvalue weighted by Crippen LogP contribution is -2.46. The molecule has 1 aromatic rings. The predicted molar refractivity (Wildman–Crippen MR) is 104 cm³/mol. The van der Waals surface area contributed by atoms with Gasteiger partial charge in [0.1, 0.15) is 6.04 Å². The molecule has 4 aliphatic carbocycles. The molecule has 0 aromatic heterocycles. The zero-order valence-corrected chi connectivity index (χ0v) is 16.4. The number of likely N-dealkylation sites (tertiary alicyclic amines) is 1. The highest BCUT2D eigenvalue weighted by Gasteiger charge is 2.67. The van der Waals surface area contributed by atoms with Gasteiger partial charge in [-0.05, 0) is 83.9 Å². The number of nitrogens with one attached hydrogen (secondary N) is 1. The number of hydrogen-bond acceptors (Lipinski definition) is 3. The van der Waals surface area contributed by atoms with Gasteiger partial charge in [-0.3, -0.25) is 19.3 Å². The van der Waals surface area contributed by atoms with Crippen LogP contribution >= 0.6 is 22.6 Å². The van der Waals surface area contributed by atoms with Crippen LogP contribution in [0.4, 0.5) is 5.69 Å². The minimum Gasteiger partial charge on any atom is -0.324 e. The van der Waals surface area contributed by atoms with Crippen LogP contribution in [0, 0.1) is 39.1 Å². The van der Waals surface area contributed by atoms with Gasteiger partial charge in [-0.15, -0.1) is 0 Å². The van der Waals surface area contributed by atoms with E-state index in [-0.39, 0.29) is 41.4 Å². The number of rotatable bonds is 3. The van der Waals surface area contributed by atoms with Gasteiger partial charge in [0.15, 0.2) is 0 Å². The molecule has 1 aliphatic heterocycles. The van der Waals surface area contributed by atoms with Gasteiger partial charge in [-0.1, -0.05) is 12.2 Å². The number of nitrogens with zero attached hydrogens (tertiary/aromatic N) is 1. The lowest BCUT2D eigenvalue weighted by Gasteiger charge is -2.37. The molecular formula is C20H19IN2O3. The molecule has 0 radical (unpaired) electrons. The van der Waals surface area contributed by atoms with Crippen molar-refractivity contribution in [2.75, 3.05) is 5.32 Å². The Morgan fingerprint density at radius 3 is 2.15 bits per heavy atom. The number of carbonyl (C=O) groups excluding carboxylic acids is 3. The highest BCUT2D eigenvalue weighted by molar-refractivity contribution is 14.1. The number of anilines is 1. The number of hydrogen-bond donors (Lipinski definition) is 1. The molecule has 26 heavy (non-hydrogen) atoms. The molecule has 1 aromatic carbocycles. The molecule has 2 bridgehead atoms. The molecule has 0 spiro atoms. The zero-order valence-electron chi connectivity index (χ0n) is 14.3. The van der Waals surface area contributed by atoms with E-state index in [9.17, 15) is 14.4 Å². The number of amides is 3. The topological polar surface area (TPSA) is 66.5 Å². The highest BCUT2D eigenvalue weighted by atomic mass is 127. The van der Waals surface area contributed by atoms with Crippen LogP contribution in [0.1, 0.15) is 13.3 Å². The number of imide groups is 1. The molecule has 0 unspecified atom stereocenters. The van der Waals surface area contributed by atoms with Gasteiger partial charge in [-0.2, -0.15) is 0 Å². The molecule has 1 saturated heterocycles. The quantitative estimate of drug-likeness (QED) is 0.427. The van der Waals surface area contributed by atoms with E-state index >= 15 is 0 Å². The number of carbonyl (C=O) groups is 3. The maximum Gasteiger partial charge on any atom is 0.247 e. The van der Waals surface area contributed by atoms with Crippen molar-refractivity contribution in [1.82, 2.24) is 4.90 Å². The summed E-state index contributed by atoms with van der Waals surface area (Å²) in [5, 5.41) is 2.82. The van der Waals surface area contributed by atoms with Crippen LogP contribution in [0.5, 0.6) is 0 Å². The van der Waals surface area contributed by atoms with Gasteiger partial charge < -0.3 is 5.32 Å². The molecule has 6 heteroatoms. The molecular weight excluding hydrogens is 443 g/mol. The zero-order chi connectivity index (χ0) is 18.2. The SMILES string of the molecule is C[C@@H](C(=O)Nc1ccc(I)cc1)N1C(=O)[C@H]2[C@@H]3C=C[C@H]([C@H]4C[C@H]34)[C@@H]2C1=O. The average molecular weight is 462 g/mol. The normalized spacial score (nSPS) is 37.4. The first-order chi connectivity index (χ1) is 12.5. The van der Waals surface area contributed by atoms with E-state index in [1.54, 1.807) is 6.92 Å². The highest BCUT2D eigenvalue weighted by Crippen LogP contribution is 2.65. The van der Waals surface area contributed by atoms with Crippen molar-refractivity contribution in [3.05, 3.63) is 40.0 Å². The van der Waals surface area contributed by atoms with Gasteiger partial charge in [0.2, 0.25) is 17.7 Å². The first-order valence-electron chi connectivity index (χ1n) is 9.09. The van der Waals surface area contributed by atoms with Crippen molar-refractivity contribution in [2.24, 2.45) is 35.5 Å². The molecule has 2 saturated carbocycles. The van der Waals surface area contributed by atoms with Crippen LogP contribution in [0.2, 0.25) is 0 Å². The van der Waals surface area contributed by atoms with Gasteiger partial charge in [-0.25, -0.2) is 0 Å². The maximum absolute atomic E-state index is 13.0. The summed E-state index contributed by atoms with van der Waals surface area (Å²) in [4.78, 5) is 40.0. The molecule has 1 N–H and O–H groups in total. The third-order valence-corrected chi connectivity index (χ3v) is 7.29. The van der Waals surface area contributed by atoms with Crippen LogP contribution in [0.15, 0.2) is 36.4 Å². The van der Waals surface area contributed by atoms with Crippen LogP contribution in [0.3, 0.4) is 0 Å². The number of halogens is 1. The second-order valence-electron chi connectivity index (χ2n) is 7.87. The van der Waals surface area contributed by atoms with Crippen molar-refractivity contribution < 1.29 is 14.4 Å². The van der Waals surface area contributed by atoms with Gasteiger partial charge >= 0.3 is 0 Å². The van der Waals surface area contributed by atoms with E-state index < -0.39 is 6.04 Å². The summed E-state index contributed by atoms with van der Waals surface area (Å²) in [5.74, 6) is 0.357. The van der Waals surface area contributed by atoms with E-state index in [0.29, 0.717) is 17.5 Å². The monoisotopic (exact) mass is 462 g/mol. The average Bonchev–Trinajstić information content (AvgIpc) is 3.41. The summed E-state index contributed by atoms with van der Waals surface area (Å²) in [5.41, 5.74) is 0.668. The summed E-state index contributed by atoms with van der Waals surface area (Å²) >= 11 is 2.20. The Balaban J connectivity index is 1.37. The molecule has 7 atom stereocenters. The van der Waals surface area contributed by atoms with Crippen LogP contribution in [-0.2, 0) is 14.4 Å². The van der Waals surface area contributed by atoms with E-state index in [2.05, 4.69) is 40.1 Å². The smallest absolute Gasteiger partial charge is 0.247 e. The summed E-state index contributed by atoms with van der Waals surface area (Å²) in [6, 6.07) is 6.64. The summed E-state index contributed by atoms with van der Waals surface area (Å²) in [6.45, 7) is 1.64. The van der Waals surface area contributed by atoms with Gasteiger partial charge in [0.25, 0.3) is 0 Å². The van der Waals surface area contributed by atoms with Crippen LogP contribution in [0.25, 0.3) is 0 Å². The first-order valence-corrected chi connectivity index (χ1v) is 10.2. The van der Waals surface area contributed by atoms with E-state index in [0.717, 1.165) is 9.99 Å². The maximum atomic E-state index is 13.0. The second kappa shape index (κ2) is 5.65. The van der Waals surface area contributed by atoms with Crippen LogP contribution < -0.4 is 5.32 Å². The van der Waals surface area contributed by atoms with Crippen molar-refractivity contribution in [3.63, 3.8) is 0 Å². The molecule has 6 rings (SSSR count). The fraction of sp³-hybridized carbons (Fsp3) is 0.450. The Morgan fingerprint density at radius 1 is 1.08 bits per heavy atom. The third-order valence-electron chi connectivity index (χ3n) is 6.58. The molecule has 3 fully saturated rings. The van der Waals surface area contributed by atoms with Crippen molar-refractivity contribution in [3.8, 4) is 0 Å². The van der Waals surface area contributed by atoms with E-state index in [1.807, 2.05) is 24.3 Å². The predicted octanol–water partition coefficient (Wildman–Crippen LogP) is 2.67. The molecule has 5 aliphatic rings. The lowest BCUT2D eigenvalue weighted by atomic mass is 9.63. The third kappa shape index (κ3) is 2.23. The molecule has 3 amide bonds. The Morgan fingerprint density at radius 2 is 1.62 bits per heavy atom. The standard InChI is InChI=1S/C20H19IN2O3/c1-9(18(24)22-11-4-2-10(21)3-5-11)23-19(25)16-12-6-7-13(15-8-14(12)15)17(16)20(23)26/h2-7,9,12-17H,8H2,1H3,(H,22,24)/t9-,12+,13+,14+,15+,16-,17-/m0/s1. The minimum atomic E-state index is -0.796. The van der Waals surface area contributed by atoms with Crippen LogP contribution in [-0.4, -0.2) is 28.7 Å². The van der Waals surface area contributed by atoms with E-state index in [1.165, 1.54) is 4.90 Å². The minimum absolute atomic E-state index is 0.157. The van der Waals surface area contributed by atoms with Crippen molar-refractivity contribution >= 4 is 46.0 Å². The summed E-state index contributed by atoms with van der Waals surface area (Å²) < 4.78 is 1.07. The van der Waals surface area contributed by atoms with Gasteiger partial charge in [0, 0.05) is 9.26 Å². The van der Waals surface area contributed by atoms with E-state index in [4.69, 9.17) is 0 Å². The Hall–Kier alpha value is -1.70. The molecule has 5 nitrogen and oxygen atoms in total. The Kier molecular flexibility index (Phi) is 3.58. The largest absolute Gasteiger partial charge is 0.324 e. The second-order valence-corrected chi connectivity index (χ2v) is 9.12. The first kappa shape index (κ1) is 16.5. The lowest BCUT2D eigenvalue weighted by molar-refractivity contribution is -0.146. The number of benzene rings is 1. The number of allylic oxidation sites excluding steroid dienone is 2. The van der Waals surface area contributed by atoms with Crippen molar-refractivity contribution in [2.45, 2.75) is 19.4 Å². The summed E-state index contributed by atoms with van der Waals surface area (Å²) in [7, 11) is 0. The van der Waals surface area contributed by atoms with Crippen molar-refractivity contribution in [1.29, 1.82) is 0 Å².